The van der Waals surface area contributed by atoms with Crippen molar-refractivity contribution in [3.63, 3.8) is 0 Å². The van der Waals surface area contributed by atoms with Crippen molar-refractivity contribution in [1.29, 1.82) is 0 Å². The van der Waals surface area contributed by atoms with Gasteiger partial charge in [-0.2, -0.15) is 0 Å². The Hall–Kier alpha value is -0.390. The first-order valence-electron chi connectivity index (χ1n) is 5.43. The van der Waals surface area contributed by atoms with Crippen LogP contribution >= 0.6 is 0 Å². The summed E-state index contributed by atoms with van der Waals surface area (Å²) in [5, 5.41) is 0. The quantitative estimate of drug-likeness (QED) is 0.550. The van der Waals surface area contributed by atoms with Crippen LogP contribution in [0.3, 0.4) is 0 Å². The van der Waals surface area contributed by atoms with Crippen molar-refractivity contribution in [2.45, 2.75) is 25.2 Å². The number of hydrogen-bond donors (Lipinski definition) is 0. The van der Waals surface area contributed by atoms with Gasteiger partial charge in [0, 0.05) is 0 Å². The Morgan fingerprint density at radius 3 is 2.17 bits per heavy atom. The molecule has 0 saturated carbocycles. The summed E-state index contributed by atoms with van der Waals surface area (Å²) in [5.41, 5.74) is 2.88. The molecule has 0 saturated heterocycles. The first-order chi connectivity index (χ1) is 7.96. The molecule has 2 aliphatic rings. The fourth-order valence-corrected chi connectivity index (χ4v) is 3.33. The fourth-order valence-electron chi connectivity index (χ4n) is 2.28. The normalized spacial score (nSPS) is 11.3. The molecule has 0 fully saturated rings. The van der Waals surface area contributed by atoms with Gasteiger partial charge < -0.3 is 4.55 Å². The van der Waals surface area contributed by atoms with Gasteiger partial charge in [0.25, 0.3) is 0 Å². The van der Waals surface area contributed by atoms with E-state index in [-0.39, 0.29) is 34.5 Å². The summed E-state index contributed by atoms with van der Waals surface area (Å²) < 4.78 is 34.2. The van der Waals surface area contributed by atoms with Gasteiger partial charge in [0.1, 0.15) is 10.1 Å². The molecule has 0 aromatic rings. The van der Waals surface area contributed by atoms with E-state index < -0.39 is 10.1 Å². The maximum Gasteiger partial charge on any atom is 1.00 e. The summed E-state index contributed by atoms with van der Waals surface area (Å²) in [5.74, 6) is 0. The van der Waals surface area contributed by atoms with Crippen LogP contribution in [0.15, 0.2) is 35.2 Å². The van der Waals surface area contributed by atoms with Crippen molar-refractivity contribution in [3.8, 4) is 11.1 Å². The molecule has 90 valence electrons. The second kappa shape index (κ2) is 5.72. The van der Waals surface area contributed by atoms with E-state index in [1.807, 2.05) is 32.0 Å². The van der Waals surface area contributed by atoms with Crippen LogP contribution in [0, 0.1) is 6.92 Å². The molecule has 5 heteroatoms. The average molecular weight is 272 g/mol. The van der Waals surface area contributed by atoms with Crippen molar-refractivity contribution in [2.75, 3.05) is 0 Å². The van der Waals surface area contributed by atoms with Crippen molar-refractivity contribution >= 4 is 10.1 Å². The SMILES string of the molecule is CCc1c(C)c2cccccc-2c1S(=O)(=O)[O-].[Na+]. The molecule has 0 amide bonds. The fraction of sp³-hybridized carbons (Fsp3) is 0.231. The van der Waals surface area contributed by atoms with E-state index in [1.54, 1.807) is 12.1 Å². The third-order valence-electron chi connectivity index (χ3n) is 3.02. The van der Waals surface area contributed by atoms with E-state index in [0.717, 1.165) is 11.1 Å². The predicted octanol–water partition coefficient (Wildman–Crippen LogP) is -0.430. The van der Waals surface area contributed by atoms with Crippen LogP contribution in [0.25, 0.3) is 11.1 Å². The summed E-state index contributed by atoms with van der Waals surface area (Å²) in [6.07, 6.45) is 0.543. The first kappa shape index (κ1) is 15.7. The second-order valence-corrected chi connectivity index (χ2v) is 5.29. The summed E-state index contributed by atoms with van der Waals surface area (Å²) >= 11 is 0. The Bertz CT molecular complexity index is 635. The molecular formula is C13H13NaO3S. The van der Waals surface area contributed by atoms with Gasteiger partial charge in [-0.3, -0.25) is 0 Å². The Kier molecular flexibility index (Phi) is 4.98. The van der Waals surface area contributed by atoms with E-state index in [1.165, 1.54) is 0 Å². The van der Waals surface area contributed by atoms with Crippen LogP contribution in [0.1, 0.15) is 18.1 Å². The van der Waals surface area contributed by atoms with E-state index >= 15 is 0 Å². The Morgan fingerprint density at radius 2 is 1.67 bits per heavy atom. The van der Waals surface area contributed by atoms with Gasteiger partial charge in [0.15, 0.2) is 0 Å². The molecule has 0 spiro atoms. The third kappa shape index (κ3) is 2.63. The monoisotopic (exact) mass is 272 g/mol. The number of hydrogen-bond acceptors (Lipinski definition) is 3. The van der Waals surface area contributed by atoms with Gasteiger partial charge in [0.2, 0.25) is 0 Å². The second-order valence-electron chi connectivity index (χ2n) is 3.98. The Labute approximate surface area is 130 Å². The zero-order chi connectivity index (χ0) is 12.6. The third-order valence-corrected chi connectivity index (χ3v) is 3.98. The Morgan fingerprint density at radius 1 is 1.11 bits per heavy atom. The largest absolute Gasteiger partial charge is 1.00 e. The minimum atomic E-state index is -4.43. The van der Waals surface area contributed by atoms with Gasteiger partial charge in [0.05, 0.1) is 4.90 Å². The van der Waals surface area contributed by atoms with Crippen molar-refractivity contribution in [1.82, 2.24) is 0 Å². The summed E-state index contributed by atoms with van der Waals surface area (Å²) in [6.45, 7) is 3.71. The van der Waals surface area contributed by atoms with Crippen molar-refractivity contribution in [2.24, 2.45) is 0 Å². The molecule has 0 unspecified atom stereocenters. The topological polar surface area (TPSA) is 57.2 Å². The molecule has 0 heterocycles. The maximum atomic E-state index is 11.4. The molecule has 2 aliphatic carbocycles. The molecule has 0 aromatic carbocycles. The molecule has 18 heavy (non-hydrogen) atoms. The average Bonchev–Trinajstić information content (AvgIpc) is 2.41. The van der Waals surface area contributed by atoms with Gasteiger partial charge in [-0.25, -0.2) is 8.42 Å². The maximum absolute atomic E-state index is 11.4. The minimum absolute atomic E-state index is 0. The smallest absolute Gasteiger partial charge is 0.744 e. The van der Waals surface area contributed by atoms with Crippen LogP contribution in [-0.4, -0.2) is 13.0 Å². The molecular weight excluding hydrogens is 259 g/mol. The summed E-state index contributed by atoms with van der Waals surface area (Å²) in [7, 11) is -4.43. The molecule has 0 atom stereocenters. The van der Waals surface area contributed by atoms with Crippen LogP contribution < -0.4 is 29.6 Å². The molecule has 0 aromatic heterocycles. The van der Waals surface area contributed by atoms with Crippen LogP contribution in [0.2, 0.25) is 0 Å². The van der Waals surface area contributed by atoms with E-state index in [0.29, 0.717) is 17.5 Å². The van der Waals surface area contributed by atoms with Crippen molar-refractivity contribution in [3.05, 3.63) is 41.5 Å². The minimum Gasteiger partial charge on any atom is -0.744 e. The molecule has 2 rings (SSSR count). The Balaban J connectivity index is 0.00000162. The van der Waals surface area contributed by atoms with Crippen LogP contribution in [0.4, 0.5) is 0 Å². The van der Waals surface area contributed by atoms with E-state index in [4.69, 9.17) is 0 Å². The van der Waals surface area contributed by atoms with Crippen molar-refractivity contribution < 1.29 is 42.5 Å². The molecule has 0 bridgehead atoms. The number of fused-ring (bicyclic) bond motifs is 1. The molecule has 0 N–H and O–H groups in total. The number of rotatable bonds is 2. The van der Waals surface area contributed by atoms with Gasteiger partial charge >= 0.3 is 29.6 Å². The predicted molar refractivity (Wildman–Crippen MR) is 65.1 cm³/mol. The zero-order valence-corrected chi connectivity index (χ0v) is 13.5. The summed E-state index contributed by atoms with van der Waals surface area (Å²) in [4.78, 5) is -0.0521. The zero-order valence-electron chi connectivity index (χ0n) is 10.7. The van der Waals surface area contributed by atoms with Gasteiger partial charge in [-0.05, 0) is 35.6 Å². The van der Waals surface area contributed by atoms with Gasteiger partial charge in [-0.1, -0.05) is 37.3 Å². The van der Waals surface area contributed by atoms with Crippen LogP contribution in [-0.2, 0) is 16.5 Å². The standard InChI is InChI=1S/C13H14O3S.Na/c1-3-10-9(2)11-7-5-4-6-8-12(11)13(10)17(14,15)16;/h4-8H,3H2,1-2H3,(H,14,15,16);/q;+1/p-1. The van der Waals surface area contributed by atoms with Crippen LogP contribution in [0.5, 0.6) is 0 Å². The first-order valence-corrected chi connectivity index (χ1v) is 6.83. The molecule has 3 nitrogen and oxygen atoms in total. The van der Waals surface area contributed by atoms with Gasteiger partial charge in [-0.15, -0.1) is 0 Å². The van der Waals surface area contributed by atoms with E-state index in [2.05, 4.69) is 0 Å². The molecule has 0 radical (unpaired) electrons. The molecule has 0 aliphatic heterocycles. The summed E-state index contributed by atoms with van der Waals surface area (Å²) in [6, 6.07) is 8.93. The van der Waals surface area contributed by atoms with E-state index in [9.17, 15) is 13.0 Å².